The normalized spacial score (nSPS) is 37.2. The lowest BCUT2D eigenvalue weighted by molar-refractivity contribution is -0.0813. The molecule has 0 heterocycles. The Morgan fingerprint density at radius 2 is 1.83 bits per heavy atom. The van der Waals surface area contributed by atoms with Crippen molar-refractivity contribution in [2.24, 2.45) is 16.7 Å². The molecule has 3 saturated carbocycles. The van der Waals surface area contributed by atoms with Crippen LogP contribution in [0.3, 0.4) is 0 Å². The third-order valence-electron chi connectivity index (χ3n) is 8.15. The van der Waals surface area contributed by atoms with Crippen molar-refractivity contribution >= 4 is 0 Å². The summed E-state index contributed by atoms with van der Waals surface area (Å²) in [5.74, 6) is 0.805. The number of aliphatic hydroxyl groups is 1. The van der Waals surface area contributed by atoms with Crippen LogP contribution in [0.2, 0.25) is 0 Å². The van der Waals surface area contributed by atoms with Gasteiger partial charge in [-0.3, -0.25) is 4.90 Å². The number of rotatable bonds is 7. The number of aliphatic hydroxyl groups excluding tert-OH is 1. The van der Waals surface area contributed by atoms with E-state index in [0.717, 1.165) is 19.0 Å². The van der Waals surface area contributed by atoms with Crippen LogP contribution in [0.25, 0.3) is 0 Å². The van der Waals surface area contributed by atoms with Crippen molar-refractivity contribution in [2.45, 2.75) is 97.3 Å². The van der Waals surface area contributed by atoms with Gasteiger partial charge >= 0.3 is 0 Å². The Kier molecular flexibility index (Phi) is 5.64. The largest absolute Gasteiger partial charge is 0.389 e. The molecule has 0 aromatic carbocycles. The van der Waals surface area contributed by atoms with E-state index in [9.17, 15) is 5.11 Å². The minimum Gasteiger partial charge on any atom is -0.389 e. The number of hydrogen-bond acceptors (Lipinski definition) is 3. The summed E-state index contributed by atoms with van der Waals surface area (Å²) >= 11 is 0. The first-order valence-corrected chi connectivity index (χ1v) is 10.4. The molecular weight excluding hydrogens is 298 g/mol. The maximum atomic E-state index is 10.6. The lowest BCUT2D eigenvalue weighted by Crippen LogP contribution is -2.44. The number of fused-ring (bicyclic) bond motifs is 2. The number of ether oxygens (including phenoxy) is 1. The van der Waals surface area contributed by atoms with Gasteiger partial charge in [0.25, 0.3) is 0 Å². The summed E-state index contributed by atoms with van der Waals surface area (Å²) in [6, 6.07) is 0.678. The predicted octanol–water partition coefficient (Wildman–Crippen LogP) is 4.23. The van der Waals surface area contributed by atoms with Gasteiger partial charge in [-0.05, 0) is 55.4 Å². The molecule has 0 spiro atoms. The molecule has 24 heavy (non-hydrogen) atoms. The fourth-order valence-electron chi connectivity index (χ4n) is 5.92. The molecule has 3 nitrogen and oxygen atoms in total. The molecule has 1 N–H and O–H groups in total. The highest BCUT2D eigenvalue weighted by atomic mass is 16.5. The molecule has 3 heteroatoms. The zero-order chi connectivity index (χ0) is 17.4. The molecule has 0 radical (unpaired) electrons. The van der Waals surface area contributed by atoms with Crippen molar-refractivity contribution in [2.75, 3.05) is 19.7 Å². The van der Waals surface area contributed by atoms with Crippen molar-refractivity contribution in [3.05, 3.63) is 0 Å². The van der Waals surface area contributed by atoms with E-state index in [4.69, 9.17) is 4.74 Å². The Balaban J connectivity index is 1.48. The van der Waals surface area contributed by atoms with Crippen LogP contribution in [-0.2, 0) is 4.74 Å². The molecule has 3 aliphatic rings. The van der Waals surface area contributed by atoms with Crippen molar-refractivity contribution in [3.8, 4) is 0 Å². The van der Waals surface area contributed by atoms with Gasteiger partial charge in [-0.1, -0.05) is 47.0 Å². The molecule has 2 bridgehead atoms. The van der Waals surface area contributed by atoms with Gasteiger partial charge in [-0.15, -0.1) is 0 Å². The van der Waals surface area contributed by atoms with Crippen molar-refractivity contribution < 1.29 is 9.84 Å². The number of nitrogens with zero attached hydrogens (tertiary/aromatic N) is 1. The highest BCUT2D eigenvalue weighted by Crippen LogP contribution is 2.66. The molecular formula is C21H39NO2. The van der Waals surface area contributed by atoms with Gasteiger partial charge in [-0.25, -0.2) is 0 Å². The van der Waals surface area contributed by atoms with Crippen LogP contribution >= 0.6 is 0 Å². The Hall–Kier alpha value is -0.120. The van der Waals surface area contributed by atoms with Gasteiger partial charge in [0, 0.05) is 12.6 Å². The van der Waals surface area contributed by atoms with E-state index in [0.29, 0.717) is 29.6 Å². The summed E-state index contributed by atoms with van der Waals surface area (Å²) in [6.45, 7) is 11.8. The average molecular weight is 338 g/mol. The van der Waals surface area contributed by atoms with Crippen LogP contribution in [-0.4, -0.2) is 48.0 Å². The summed E-state index contributed by atoms with van der Waals surface area (Å²) in [4.78, 5) is 2.49. The zero-order valence-electron chi connectivity index (χ0n) is 16.4. The first-order valence-electron chi connectivity index (χ1n) is 10.4. The van der Waals surface area contributed by atoms with Crippen LogP contribution in [0.5, 0.6) is 0 Å². The maximum absolute atomic E-state index is 10.6. The Labute approximate surface area is 149 Å². The molecule has 3 rings (SSSR count). The molecule has 0 aromatic heterocycles. The van der Waals surface area contributed by atoms with Crippen LogP contribution in [0.1, 0.15) is 79.1 Å². The molecule has 4 atom stereocenters. The first kappa shape index (κ1) is 18.7. The van der Waals surface area contributed by atoms with Crippen LogP contribution in [0.4, 0.5) is 0 Å². The van der Waals surface area contributed by atoms with Gasteiger partial charge in [0.15, 0.2) is 0 Å². The third-order valence-corrected chi connectivity index (χ3v) is 8.15. The fraction of sp³-hybridized carbons (Fsp3) is 1.00. The standard InChI is InChI=1S/C21H39NO2/c1-5-22(17-9-7-6-8-10-17)14-18(23)15-24-19-13-16-11-12-21(19,4)20(16,2)3/h16-19,23H,5-15H2,1-4H3/t16-,18-,19-,21-/m1/s1. The summed E-state index contributed by atoms with van der Waals surface area (Å²) in [7, 11) is 0. The van der Waals surface area contributed by atoms with E-state index >= 15 is 0 Å². The lowest BCUT2D eigenvalue weighted by atomic mass is 9.70. The lowest BCUT2D eigenvalue weighted by Gasteiger charge is -2.39. The summed E-state index contributed by atoms with van der Waals surface area (Å²) in [5.41, 5.74) is 0.686. The van der Waals surface area contributed by atoms with E-state index in [-0.39, 0.29) is 6.10 Å². The maximum Gasteiger partial charge on any atom is 0.0900 e. The van der Waals surface area contributed by atoms with Crippen molar-refractivity contribution in [3.63, 3.8) is 0 Å². The average Bonchev–Trinajstić information content (AvgIpc) is 2.91. The van der Waals surface area contributed by atoms with E-state index in [1.165, 1.54) is 51.4 Å². The Morgan fingerprint density at radius 1 is 1.12 bits per heavy atom. The second kappa shape index (κ2) is 7.25. The number of likely N-dealkylation sites (N-methyl/N-ethyl adjacent to an activating group) is 1. The quantitative estimate of drug-likeness (QED) is 0.754. The zero-order valence-corrected chi connectivity index (χ0v) is 16.4. The summed E-state index contributed by atoms with van der Waals surface area (Å²) in [5, 5.41) is 10.6. The minimum absolute atomic E-state index is 0.297. The highest BCUT2D eigenvalue weighted by Gasteiger charge is 2.61. The minimum atomic E-state index is -0.349. The second-order valence-electron chi connectivity index (χ2n) is 9.47. The molecule has 140 valence electrons. The topological polar surface area (TPSA) is 32.7 Å². The van der Waals surface area contributed by atoms with Gasteiger partial charge < -0.3 is 9.84 Å². The summed E-state index contributed by atoms with van der Waals surface area (Å²) in [6.07, 6.45) is 10.5. The molecule has 0 amide bonds. The third kappa shape index (κ3) is 3.29. The first-order chi connectivity index (χ1) is 11.4. The highest BCUT2D eigenvalue weighted by molar-refractivity contribution is 5.11. The predicted molar refractivity (Wildman–Crippen MR) is 99.1 cm³/mol. The van der Waals surface area contributed by atoms with Crippen LogP contribution < -0.4 is 0 Å². The van der Waals surface area contributed by atoms with E-state index < -0.39 is 0 Å². The van der Waals surface area contributed by atoms with Crippen molar-refractivity contribution in [1.82, 2.24) is 4.90 Å². The van der Waals surface area contributed by atoms with Gasteiger partial charge in [0.1, 0.15) is 0 Å². The SMILES string of the molecule is CCN(C[C@@H](O)CO[C@@H]1C[C@H]2CC[C@@]1(C)C2(C)C)C1CCCCC1. The van der Waals surface area contributed by atoms with Gasteiger partial charge in [-0.2, -0.15) is 0 Å². The van der Waals surface area contributed by atoms with Crippen LogP contribution in [0.15, 0.2) is 0 Å². The fourth-order valence-corrected chi connectivity index (χ4v) is 5.92. The van der Waals surface area contributed by atoms with Crippen molar-refractivity contribution in [1.29, 1.82) is 0 Å². The van der Waals surface area contributed by atoms with Crippen LogP contribution in [0, 0.1) is 16.7 Å². The Morgan fingerprint density at radius 3 is 2.38 bits per heavy atom. The van der Waals surface area contributed by atoms with Gasteiger partial charge in [0.05, 0.1) is 18.8 Å². The summed E-state index contributed by atoms with van der Waals surface area (Å²) < 4.78 is 6.29. The van der Waals surface area contributed by atoms with E-state index in [2.05, 4.69) is 32.6 Å². The smallest absolute Gasteiger partial charge is 0.0900 e. The molecule has 0 unspecified atom stereocenters. The molecule has 3 aliphatic carbocycles. The number of hydrogen-bond donors (Lipinski definition) is 1. The Bertz CT molecular complexity index is 418. The second-order valence-corrected chi connectivity index (χ2v) is 9.47. The van der Waals surface area contributed by atoms with Gasteiger partial charge in [0.2, 0.25) is 0 Å². The molecule has 0 aromatic rings. The van der Waals surface area contributed by atoms with E-state index in [1.54, 1.807) is 0 Å². The molecule has 0 saturated heterocycles. The monoisotopic (exact) mass is 337 g/mol. The molecule has 0 aliphatic heterocycles. The molecule has 3 fully saturated rings. The van der Waals surface area contributed by atoms with E-state index in [1.807, 2.05) is 0 Å².